The SMILES string of the molecule is COc1cccc(N=Nc2c(-c3ccc(C)cc3C)nc3ccccn23)c1. The van der Waals surface area contributed by atoms with E-state index in [4.69, 9.17) is 9.72 Å². The predicted octanol–water partition coefficient (Wildman–Crippen LogP) is 6.04. The fraction of sp³-hybridized carbons (Fsp3) is 0.136. The van der Waals surface area contributed by atoms with Gasteiger partial charge in [0.25, 0.3) is 0 Å². The van der Waals surface area contributed by atoms with Crippen LogP contribution in [0.4, 0.5) is 11.5 Å². The van der Waals surface area contributed by atoms with Gasteiger partial charge in [0.05, 0.1) is 12.8 Å². The molecule has 134 valence electrons. The van der Waals surface area contributed by atoms with E-state index in [1.165, 1.54) is 5.56 Å². The minimum absolute atomic E-state index is 0.709. The Labute approximate surface area is 158 Å². The topological polar surface area (TPSA) is 51.2 Å². The van der Waals surface area contributed by atoms with Crippen LogP contribution in [0, 0.1) is 13.8 Å². The highest BCUT2D eigenvalue weighted by atomic mass is 16.5. The van der Waals surface area contributed by atoms with Crippen LogP contribution in [0.5, 0.6) is 5.75 Å². The van der Waals surface area contributed by atoms with Gasteiger partial charge in [-0.15, -0.1) is 10.2 Å². The Kier molecular flexibility index (Phi) is 4.42. The lowest BCUT2D eigenvalue weighted by Crippen LogP contribution is -1.86. The highest BCUT2D eigenvalue weighted by Crippen LogP contribution is 2.34. The van der Waals surface area contributed by atoms with E-state index in [0.717, 1.165) is 33.9 Å². The van der Waals surface area contributed by atoms with E-state index < -0.39 is 0 Å². The monoisotopic (exact) mass is 356 g/mol. The fourth-order valence-corrected chi connectivity index (χ4v) is 3.12. The van der Waals surface area contributed by atoms with E-state index in [1.807, 2.05) is 53.1 Å². The lowest BCUT2D eigenvalue weighted by molar-refractivity contribution is 0.415. The van der Waals surface area contributed by atoms with Crippen molar-refractivity contribution in [2.24, 2.45) is 10.2 Å². The third-order valence-corrected chi connectivity index (χ3v) is 4.46. The minimum Gasteiger partial charge on any atom is -0.497 e. The number of pyridine rings is 1. The van der Waals surface area contributed by atoms with Gasteiger partial charge in [-0.3, -0.25) is 4.40 Å². The summed E-state index contributed by atoms with van der Waals surface area (Å²) in [5.74, 6) is 1.46. The lowest BCUT2D eigenvalue weighted by atomic mass is 10.0. The quantitative estimate of drug-likeness (QED) is 0.418. The molecule has 0 radical (unpaired) electrons. The second-order valence-corrected chi connectivity index (χ2v) is 6.43. The molecule has 0 atom stereocenters. The second-order valence-electron chi connectivity index (χ2n) is 6.43. The Bertz CT molecular complexity index is 1140. The molecule has 0 bridgehead atoms. The molecule has 0 unspecified atom stereocenters. The van der Waals surface area contributed by atoms with Crippen LogP contribution in [-0.2, 0) is 0 Å². The van der Waals surface area contributed by atoms with E-state index in [9.17, 15) is 0 Å². The number of methoxy groups -OCH3 is 1. The molecule has 0 fully saturated rings. The summed E-state index contributed by atoms with van der Waals surface area (Å²) >= 11 is 0. The molecule has 0 aliphatic heterocycles. The van der Waals surface area contributed by atoms with Gasteiger partial charge in [0.1, 0.15) is 17.1 Å². The summed E-state index contributed by atoms with van der Waals surface area (Å²) in [6.07, 6.45) is 1.95. The maximum Gasteiger partial charge on any atom is 0.187 e. The number of aryl methyl sites for hydroxylation is 2. The van der Waals surface area contributed by atoms with Crippen molar-refractivity contribution in [3.8, 4) is 17.0 Å². The van der Waals surface area contributed by atoms with Crippen molar-refractivity contribution in [2.45, 2.75) is 13.8 Å². The number of imidazole rings is 1. The van der Waals surface area contributed by atoms with Crippen molar-refractivity contribution >= 4 is 17.2 Å². The van der Waals surface area contributed by atoms with Crippen LogP contribution < -0.4 is 4.74 Å². The summed E-state index contributed by atoms with van der Waals surface area (Å²) in [5, 5.41) is 8.97. The van der Waals surface area contributed by atoms with E-state index in [-0.39, 0.29) is 0 Å². The van der Waals surface area contributed by atoms with Crippen LogP contribution in [0.15, 0.2) is 77.1 Å². The van der Waals surface area contributed by atoms with Gasteiger partial charge in [0.15, 0.2) is 5.82 Å². The number of hydrogen-bond acceptors (Lipinski definition) is 4. The molecule has 4 rings (SSSR count). The first kappa shape index (κ1) is 17.0. The molecular formula is C22H20N4O. The molecule has 2 aromatic carbocycles. The van der Waals surface area contributed by atoms with E-state index in [1.54, 1.807) is 7.11 Å². The van der Waals surface area contributed by atoms with Crippen LogP contribution in [0.3, 0.4) is 0 Å². The summed E-state index contributed by atoms with van der Waals surface area (Å²) in [6, 6.07) is 19.8. The molecule has 27 heavy (non-hydrogen) atoms. The molecule has 0 amide bonds. The largest absolute Gasteiger partial charge is 0.497 e. The fourth-order valence-electron chi connectivity index (χ4n) is 3.12. The average Bonchev–Trinajstić information content (AvgIpc) is 3.05. The van der Waals surface area contributed by atoms with E-state index >= 15 is 0 Å². The molecule has 0 aliphatic carbocycles. The van der Waals surface area contributed by atoms with Crippen molar-refractivity contribution in [2.75, 3.05) is 7.11 Å². The van der Waals surface area contributed by atoms with Crippen LogP contribution in [0.2, 0.25) is 0 Å². The zero-order chi connectivity index (χ0) is 18.8. The van der Waals surface area contributed by atoms with Gasteiger partial charge >= 0.3 is 0 Å². The number of rotatable bonds is 4. The zero-order valence-corrected chi connectivity index (χ0v) is 15.5. The highest BCUT2D eigenvalue weighted by molar-refractivity contribution is 5.76. The highest BCUT2D eigenvalue weighted by Gasteiger charge is 2.15. The van der Waals surface area contributed by atoms with Gasteiger partial charge in [0.2, 0.25) is 0 Å². The lowest BCUT2D eigenvalue weighted by Gasteiger charge is -2.05. The van der Waals surface area contributed by atoms with Crippen molar-refractivity contribution in [1.82, 2.24) is 9.38 Å². The average molecular weight is 356 g/mol. The number of azo groups is 1. The Balaban J connectivity index is 1.86. The maximum absolute atomic E-state index is 5.26. The molecule has 2 heterocycles. The van der Waals surface area contributed by atoms with Crippen LogP contribution in [-0.4, -0.2) is 16.5 Å². The molecule has 5 heteroatoms. The van der Waals surface area contributed by atoms with Crippen LogP contribution in [0.1, 0.15) is 11.1 Å². The molecule has 5 nitrogen and oxygen atoms in total. The molecule has 2 aromatic heterocycles. The Morgan fingerprint density at radius 3 is 2.63 bits per heavy atom. The van der Waals surface area contributed by atoms with Crippen LogP contribution >= 0.6 is 0 Å². The molecule has 0 spiro atoms. The summed E-state index contributed by atoms with van der Waals surface area (Å²) in [6.45, 7) is 4.18. The van der Waals surface area contributed by atoms with Gasteiger partial charge in [-0.25, -0.2) is 4.98 Å². The molecule has 0 saturated heterocycles. The van der Waals surface area contributed by atoms with Crippen LogP contribution in [0.25, 0.3) is 16.9 Å². The Hall–Kier alpha value is -3.47. The maximum atomic E-state index is 5.26. The number of aromatic nitrogens is 2. The summed E-state index contributed by atoms with van der Waals surface area (Å²) < 4.78 is 7.22. The first-order valence-corrected chi connectivity index (χ1v) is 8.76. The number of fused-ring (bicyclic) bond motifs is 1. The first-order valence-electron chi connectivity index (χ1n) is 8.76. The van der Waals surface area contributed by atoms with Gasteiger partial charge < -0.3 is 4.74 Å². The molecular weight excluding hydrogens is 336 g/mol. The number of hydrogen-bond donors (Lipinski definition) is 0. The number of benzene rings is 2. The Morgan fingerprint density at radius 1 is 0.926 bits per heavy atom. The molecule has 0 aliphatic rings. The van der Waals surface area contributed by atoms with Gasteiger partial charge in [-0.05, 0) is 43.7 Å². The minimum atomic E-state index is 0.709. The summed E-state index contributed by atoms with van der Waals surface area (Å²) in [7, 11) is 1.64. The predicted molar refractivity (Wildman–Crippen MR) is 107 cm³/mol. The number of ether oxygens (including phenoxy) is 1. The van der Waals surface area contributed by atoms with Crippen molar-refractivity contribution in [3.63, 3.8) is 0 Å². The third kappa shape index (κ3) is 3.31. The smallest absolute Gasteiger partial charge is 0.187 e. The standard InChI is InChI=1S/C22H20N4O/c1-15-10-11-19(16(2)13-15)21-22(26-12-5-4-9-20(26)23-21)25-24-17-7-6-8-18(14-17)27-3/h4-14H,1-3H3. The second kappa shape index (κ2) is 7.03. The van der Waals surface area contributed by atoms with E-state index in [2.05, 4.69) is 42.3 Å². The number of nitrogens with zero attached hydrogens (tertiary/aromatic N) is 4. The van der Waals surface area contributed by atoms with Crippen molar-refractivity contribution in [1.29, 1.82) is 0 Å². The van der Waals surface area contributed by atoms with Gasteiger partial charge in [-0.1, -0.05) is 35.9 Å². The van der Waals surface area contributed by atoms with Crippen molar-refractivity contribution in [3.05, 3.63) is 78.0 Å². The molecule has 0 saturated carbocycles. The molecule has 0 N–H and O–H groups in total. The summed E-state index contributed by atoms with van der Waals surface area (Å²) in [5.41, 5.74) is 5.84. The van der Waals surface area contributed by atoms with Gasteiger partial charge in [-0.2, -0.15) is 0 Å². The first-order chi connectivity index (χ1) is 13.2. The van der Waals surface area contributed by atoms with Gasteiger partial charge in [0, 0.05) is 17.8 Å². The van der Waals surface area contributed by atoms with E-state index in [0.29, 0.717) is 5.82 Å². The zero-order valence-electron chi connectivity index (χ0n) is 15.5. The third-order valence-electron chi connectivity index (χ3n) is 4.46. The Morgan fingerprint density at radius 2 is 1.81 bits per heavy atom. The molecule has 4 aromatic rings. The van der Waals surface area contributed by atoms with Crippen molar-refractivity contribution < 1.29 is 4.74 Å². The normalized spacial score (nSPS) is 11.4. The summed E-state index contributed by atoms with van der Waals surface area (Å²) in [4.78, 5) is 4.80.